The molecule has 0 aromatic heterocycles. The Morgan fingerprint density at radius 1 is 1.18 bits per heavy atom. The van der Waals surface area contributed by atoms with Crippen LogP contribution in [0.25, 0.3) is 0 Å². The van der Waals surface area contributed by atoms with Gasteiger partial charge in [0.1, 0.15) is 5.75 Å². The minimum Gasteiger partial charge on any atom is -0.433 e. The lowest BCUT2D eigenvalue weighted by atomic mass is 10.1. The molecule has 3 N–H and O–H groups in total. The van der Waals surface area contributed by atoms with Crippen molar-refractivity contribution in [3.8, 4) is 5.75 Å². The molecule has 28 heavy (non-hydrogen) atoms. The number of benzene rings is 2. The first-order valence-corrected chi connectivity index (χ1v) is 8.98. The maximum absolute atomic E-state index is 12.3. The third-order valence-electron chi connectivity index (χ3n) is 3.96. The van der Waals surface area contributed by atoms with Crippen molar-refractivity contribution in [2.24, 2.45) is 0 Å². The summed E-state index contributed by atoms with van der Waals surface area (Å²) >= 11 is 5.88. The fourth-order valence-corrected chi connectivity index (χ4v) is 2.69. The van der Waals surface area contributed by atoms with Gasteiger partial charge >= 0.3 is 6.61 Å². The van der Waals surface area contributed by atoms with Gasteiger partial charge in [-0.2, -0.15) is 8.78 Å². The highest BCUT2D eigenvalue weighted by atomic mass is 35.5. The maximum atomic E-state index is 12.3. The summed E-state index contributed by atoms with van der Waals surface area (Å²) in [7, 11) is 0. The van der Waals surface area contributed by atoms with Gasteiger partial charge in [-0.3, -0.25) is 9.59 Å². The van der Waals surface area contributed by atoms with Crippen molar-refractivity contribution in [2.45, 2.75) is 25.5 Å². The van der Waals surface area contributed by atoms with Crippen LogP contribution in [0.3, 0.4) is 0 Å². The summed E-state index contributed by atoms with van der Waals surface area (Å²) in [6.07, 6.45) is 1.93. The van der Waals surface area contributed by atoms with Gasteiger partial charge in [-0.05, 0) is 43.2 Å². The second-order valence-corrected chi connectivity index (χ2v) is 6.63. The zero-order valence-electron chi connectivity index (χ0n) is 14.7. The normalized spacial score (nSPS) is 13.1. The third-order valence-corrected chi connectivity index (χ3v) is 4.25. The van der Waals surface area contributed by atoms with Gasteiger partial charge in [-0.25, -0.2) is 0 Å². The van der Waals surface area contributed by atoms with E-state index in [1.807, 2.05) is 0 Å². The second-order valence-electron chi connectivity index (χ2n) is 6.22. The van der Waals surface area contributed by atoms with Crippen molar-refractivity contribution < 1.29 is 23.1 Å². The Kier molecular flexibility index (Phi) is 6.30. The van der Waals surface area contributed by atoms with E-state index in [0.29, 0.717) is 16.9 Å². The Balaban J connectivity index is 1.57. The minimum atomic E-state index is -2.97. The molecular weight excluding hydrogens is 392 g/mol. The lowest BCUT2D eigenvalue weighted by Crippen LogP contribution is -2.28. The molecule has 0 atom stereocenters. The van der Waals surface area contributed by atoms with E-state index in [0.717, 1.165) is 12.8 Å². The molecule has 6 nitrogen and oxygen atoms in total. The highest BCUT2D eigenvalue weighted by Crippen LogP contribution is 2.29. The first-order valence-electron chi connectivity index (χ1n) is 8.60. The van der Waals surface area contributed by atoms with Crippen LogP contribution < -0.4 is 20.7 Å². The van der Waals surface area contributed by atoms with Crippen LogP contribution in [-0.2, 0) is 4.79 Å². The molecule has 9 heteroatoms. The summed E-state index contributed by atoms with van der Waals surface area (Å²) in [5.74, 6) is -0.759. The van der Waals surface area contributed by atoms with Crippen LogP contribution >= 0.6 is 11.6 Å². The number of carbonyl (C=O) groups excluding carboxylic acids is 2. The van der Waals surface area contributed by atoms with Crippen molar-refractivity contribution in [1.29, 1.82) is 0 Å². The second kappa shape index (κ2) is 8.88. The number of hydrogen-bond acceptors (Lipinski definition) is 4. The summed E-state index contributed by atoms with van der Waals surface area (Å²) in [5, 5.41) is 8.40. The van der Waals surface area contributed by atoms with Gasteiger partial charge in [0.2, 0.25) is 5.91 Å². The van der Waals surface area contributed by atoms with Gasteiger partial charge in [0.05, 0.1) is 22.8 Å². The Bertz CT molecular complexity index is 875. The predicted octanol–water partition coefficient (Wildman–Crippen LogP) is 3.88. The molecule has 1 aliphatic carbocycles. The number of para-hydroxylation sites is 1. The van der Waals surface area contributed by atoms with E-state index in [4.69, 9.17) is 11.6 Å². The van der Waals surface area contributed by atoms with Gasteiger partial charge in [-0.15, -0.1) is 0 Å². The Labute approximate surface area is 165 Å². The highest BCUT2D eigenvalue weighted by molar-refractivity contribution is 6.32. The molecule has 3 rings (SSSR count). The molecule has 2 aromatic rings. The number of amides is 2. The fourth-order valence-electron chi connectivity index (χ4n) is 2.46. The molecule has 0 radical (unpaired) electrons. The van der Waals surface area contributed by atoms with Crippen molar-refractivity contribution >= 4 is 34.8 Å². The topological polar surface area (TPSA) is 79.5 Å². The van der Waals surface area contributed by atoms with Crippen LogP contribution in [0.1, 0.15) is 23.2 Å². The molecule has 1 saturated carbocycles. The van der Waals surface area contributed by atoms with E-state index in [9.17, 15) is 18.4 Å². The maximum Gasteiger partial charge on any atom is 0.387 e. The summed E-state index contributed by atoms with van der Waals surface area (Å²) in [6, 6.07) is 11.1. The molecule has 148 valence electrons. The van der Waals surface area contributed by atoms with Gasteiger partial charge in [0.25, 0.3) is 5.91 Å². The number of rotatable bonds is 8. The molecular formula is C19H18ClF2N3O3. The molecule has 1 fully saturated rings. The molecule has 0 saturated heterocycles. The summed E-state index contributed by atoms with van der Waals surface area (Å²) in [5.41, 5.74) is 1.26. The fraction of sp³-hybridized carbons (Fsp3) is 0.263. The molecule has 2 aromatic carbocycles. The molecule has 0 aliphatic heterocycles. The quantitative estimate of drug-likeness (QED) is 0.618. The molecule has 2 amide bonds. The number of anilines is 2. The van der Waals surface area contributed by atoms with E-state index in [1.54, 1.807) is 24.3 Å². The van der Waals surface area contributed by atoms with Gasteiger partial charge < -0.3 is 20.7 Å². The predicted molar refractivity (Wildman–Crippen MR) is 102 cm³/mol. The van der Waals surface area contributed by atoms with E-state index in [2.05, 4.69) is 20.7 Å². The standard InChI is InChI=1S/C19H18ClF2N3O3/c20-14-9-12(7-8-16(14)28-19(21)22)23-10-17(26)25-15-4-2-1-3-13(15)18(27)24-11-5-6-11/h1-4,7-9,11,19,23H,5-6,10H2,(H,24,27)(H,25,26). The van der Waals surface area contributed by atoms with Gasteiger partial charge in [-0.1, -0.05) is 23.7 Å². The average Bonchev–Trinajstić information content (AvgIpc) is 3.46. The van der Waals surface area contributed by atoms with E-state index in [1.165, 1.54) is 18.2 Å². The first-order chi connectivity index (χ1) is 13.4. The Hall–Kier alpha value is -2.87. The van der Waals surface area contributed by atoms with E-state index < -0.39 is 6.61 Å². The van der Waals surface area contributed by atoms with Gasteiger partial charge in [0.15, 0.2) is 0 Å². The van der Waals surface area contributed by atoms with Crippen LogP contribution in [0, 0.1) is 0 Å². The zero-order chi connectivity index (χ0) is 20.1. The number of nitrogens with one attached hydrogen (secondary N) is 3. The van der Waals surface area contributed by atoms with Crippen molar-refractivity contribution in [2.75, 3.05) is 17.2 Å². The number of halogens is 3. The summed E-state index contributed by atoms with van der Waals surface area (Å²) < 4.78 is 28.8. The zero-order valence-corrected chi connectivity index (χ0v) is 15.4. The average molecular weight is 410 g/mol. The summed E-state index contributed by atoms with van der Waals surface area (Å²) in [6.45, 7) is -3.08. The lowest BCUT2D eigenvalue weighted by molar-refractivity contribution is -0.114. The number of carbonyl (C=O) groups is 2. The van der Waals surface area contributed by atoms with E-state index >= 15 is 0 Å². The van der Waals surface area contributed by atoms with Crippen LogP contribution in [0.15, 0.2) is 42.5 Å². The minimum absolute atomic E-state index is 0.00667. The molecule has 0 heterocycles. The Morgan fingerprint density at radius 2 is 1.93 bits per heavy atom. The number of hydrogen-bond donors (Lipinski definition) is 3. The first kappa shape index (κ1) is 19.9. The van der Waals surface area contributed by atoms with Crippen LogP contribution in [-0.4, -0.2) is 31.0 Å². The largest absolute Gasteiger partial charge is 0.433 e. The highest BCUT2D eigenvalue weighted by Gasteiger charge is 2.25. The number of ether oxygens (including phenoxy) is 1. The van der Waals surface area contributed by atoms with Crippen LogP contribution in [0.2, 0.25) is 5.02 Å². The van der Waals surface area contributed by atoms with Crippen molar-refractivity contribution in [3.63, 3.8) is 0 Å². The van der Waals surface area contributed by atoms with Crippen LogP contribution in [0.5, 0.6) is 5.75 Å². The smallest absolute Gasteiger partial charge is 0.387 e. The van der Waals surface area contributed by atoms with Crippen molar-refractivity contribution in [3.05, 3.63) is 53.1 Å². The van der Waals surface area contributed by atoms with Gasteiger partial charge in [0, 0.05) is 11.7 Å². The lowest BCUT2D eigenvalue weighted by Gasteiger charge is -2.13. The molecule has 0 bridgehead atoms. The molecule has 1 aliphatic rings. The monoisotopic (exact) mass is 409 g/mol. The third kappa shape index (κ3) is 5.56. The van der Waals surface area contributed by atoms with Crippen LogP contribution in [0.4, 0.5) is 20.2 Å². The van der Waals surface area contributed by atoms with E-state index in [-0.39, 0.29) is 35.2 Å². The molecule has 0 spiro atoms. The SMILES string of the molecule is O=C(CNc1ccc(OC(F)F)c(Cl)c1)Nc1ccccc1C(=O)NC1CC1. The summed E-state index contributed by atoms with van der Waals surface area (Å²) in [4.78, 5) is 24.5. The van der Waals surface area contributed by atoms with Crippen molar-refractivity contribution in [1.82, 2.24) is 5.32 Å². The Morgan fingerprint density at radius 3 is 2.61 bits per heavy atom. The number of alkyl halides is 2. The molecule has 0 unspecified atom stereocenters.